The zero-order chi connectivity index (χ0) is 37.3. The Kier molecular flexibility index (Phi) is 11.7. The molecule has 6 rings (SSSR count). The first-order valence-electron chi connectivity index (χ1n) is 17.1. The first kappa shape index (κ1) is 38.7. The van der Waals surface area contributed by atoms with Crippen LogP contribution in [-0.2, 0) is 26.8 Å². The normalized spacial score (nSPS) is 23.9. The quantitative estimate of drug-likeness (QED) is 0.280. The zero-order valence-corrected chi connectivity index (χ0v) is 30.8. The molecule has 0 saturated carbocycles. The standard InChI is InChI=1S/C35H41Cl2F3N6O5S/c1-2-51-30-23-26(35(38,39)40)7-12-29(30)34(41-31(24-3-8-27(36)9-4-24)32(42-34)25-5-10-28(37)11-6-25)33(48)44-15-19-46(20-16-44)52(49,50)45-17-13-43(14-18-45)21-22-47/h3-12,23,31-32,41-42,47H,2,13-22H2,1H3. The highest BCUT2D eigenvalue weighted by Gasteiger charge is 2.55. The topological polar surface area (TPSA) is 118 Å². The Morgan fingerprint density at radius 2 is 1.35 bits per heavy atom. The predicted molar refractivity (Wildman–Crippen MR) is 191 cm³/mol. The number of hydrogen-bond donors (Lipinski definition) is 3. The summed E-state index contributed by atoms with van der Waals surface area (Å²) in [6.45, 7) is 3.82. The van der Waals surface area contributed by atoms with Crippen LogP contribution in [0.5, 0.6) is 5.75 Å². The van der Waals surface area contributed by atoms with Crippen LogP contribution in [0.15, 0.2) is 66.7 Å². The van der Waals surface area contributed by atoms with Crippen molar-refractivity contribution >= 4 is 39.3 Å². The van der Waals surface area contributed by atoms with Crippen molar-refractivity contribution in [3.05, 3.63) is 99.0 Å². The van der Waals surface area contributed by atoms with Crippen molar-refractivity contribution < 1.29 is 36.2 Å². The van der Waals surface area contributed by atoms with E-state index in [4.69, 9.17) is 27.9 Å². The fourth-order valence-corrected chi connectivity index (χ4v) is 8.92. The third-order valence-corrected chi connectivity index (χ3v) is 12.3. The number of carbonyl (C=O) groups excluding carboxylic acids is 1. The van der Waals surface area contributed by atoms with Crippen LogP contribution in [0, 0.1) is 0 Å². The van der Waals surface area contributed by atoms with Gasteiger partial charge in [0.1, 0.15) is 5.75 Å². The molecule has 2 unspecified atom stereocenters. The van der Waals surface area contributed by atoms with Gasteiger partial charge in [0.05, 0.1) is 30.9 Å². The minimum Gasteiger partial charge on any atom is -0.493 e. The highest BCUT2D eigenvalue weighted by atomic mass is 35.5. The van der Waals surface area contributed by atoms with Gasteiger partial charge in [-0.3, -0.25) is 20.3 Å². The molecular formula is C35H41Cl2F3N6O5S. The van der Waals surface area contributed by atoms with E-state index in [9.17, 15) is 26.7 Å². The molecule has 3 aliphatic rings. The van der Waals surface area contributed by atoms with E-state index in [2.05, 4.69) is 10.6 Å². The molecule has 0 spiro atoms. The number of benzene rings is 3. The summed E-state index contributed by atoms with van der Waals surface area (Å²) < 4.78 is 77.7. The second-order valence-electron chi connectivity index (χ2n) is 12.9. The molecule has 3 aliphatic heterocycles. The smallest absolute Gasteiger partial charge is 0.416 e. The summed E-state index contributed by atoms with van der Waals surface area (Å²) in [5.41, 5.74) is -1.08. The van der Waals surface area contributed by atoms with Crippen LogP contribution in [-0.4, -0.2) is 110 Å². The predicted octanol–water partition coefficient (Wildman–Crippen LogP) is 4.24. The highest BCUT2D eigenvalue weighted by molar-refractivity contribution is 7.86. The van der Waals surface area contributed by atoms with Gasteiger partial charge in [-0.25, -0.2) is 0 Å². The number of halogens is 5. The minimum absolute atomic E-state index is 0.00658. The van der Waals surface area contributed by atoms with Gasteiger partial charge in [-0.2, -0.15) is 30.2 Å². The number of alkyl halides is 3. The molecule has 11 nitrogen and oxygen atoms in total. The molecule has 3 heterocycles. The zero-order valence-electron chi connectivity index (χ0n) is 28.5. The van der Waals surface area contributed by atoms with Crippen molar-refractivity contribution in [1.82, 2.24) is 29.0 Å². The lowest BCUT2D eigenvalue weighted by Gasteiger charge is -2.42. The van der Waals surface area contributed by atoms with Crippen LogP contribution in [0.1, 0.15) is 41.3 Å². The number of β-amino-alcohol motifs (C(OH)–C–C–N with tert-alkyl or cyclic N) is 1. The fourth-order valence-electron chi connectivity index (χ4n) is 7.09. The van der Waals surface area contributed by atoms with Crippen LogP contribution in [0.4, 0.5) is 13.2 Å². The number of piperazine rings is 2. The summed E-state index contributed by atoms with van der Waals surface area (Å²) in [5.74, 6) is -0.628. The first-order valence-corrected chi connectivity index (χ1v) is 19.2. The number of hydrogen-bond acceptors (Lipinski definition) is 8. The molecule has 282 valence electrons. The molecule has 3 aromatic rings. The number of ether oxygens (including phenoxy) is 1. The Morgan fingerprint density at radius 1 is 0.846 bits per heavy atom. The van der Waals surface area contributed by atoms with E-state index in [0.717, 1.165) is 23.3 Å². The van der Waals surface area contributed by atoms with E-state index in [1.165, 1.54) is 19.6 Å². The lowest BCUT2D eigenvalue weighted by atomic mass is 9.94. The van der Waals surface area contributed by atoms with Gasteiger partial charge >= 0.3 is 6.18 Å². The van der Waals surface area contributed by atoms with Gasteiger partial charge in [0.15, 0.2) is 5.66 Å². The second-order valence-corrected chi connectivity index (χ2v) is 15.7. The van der Waals surface area contributed by atoms with Crippen LogP contribution in [0.2, 0.25) is 10.0 Å². The van der Waals surface area contributed by atoms with E-state index in [1.54, 1.807) is 31.2 Å². The van der Waals surface area contributed by atoms with Gasteiger partial charge in [-0.05, 0) is 54.4 Å². The van der Waals surface area contributed by atoms with E-state index in [1.807, 2.05) is 29.2 Å². The van der Waals surface area contributed by atoms with Crippen LogP contribution >= 0.6 is 23.2 Å². The number of carbonyl (C=O) groups is 1. The van der Waals surface area contributed by atoms with Gasteiger partial charge < -0.3 is 14.7 Å². The highest BCUT2D eigenvalue weighted by Crippen LogP contribution is 2.46. The van der Waals surface area contributed by atoms with E-state index in [-0.39, 0.29) is 63.8 Å². The number of aliphatic hydroxyl groups is 1. The molecule has 0 bridgehead atoms. The molecule has 3 saturated heterocycles. The summed E-state index contributed by atoms with van der Waals surface area (Å²) in [4.78, 5) is 18.6. The maximum atomic E-state index is 15.1. The molecule has 0 aliphatic carbocycles. The molecule has 1 amide bonds. The van der Waals surface area contributed by atoms with Crippen LogP contribution in [0.25, 0.3) is 0 Å². The number of nitrogens with one attached hydrogen (secondary N) is 2. The van der Waals surface area contributed by atoms with E-state index in [0.29, 0.717) is 29.7 Å². The monoisotopic (exact) mass is 784 g/mol. The molecule has 0 aromatic heterocycles. The van der Waals surface area contributed by atoms with Crippen molar-refractivity contribution in [3.63, 3.8) is 0 Å². The lowest BCUT2D eigenvalue weighted by molar-refractivity contribution is -0.141. The number of rotatable bonds is 10. The van der Waals surface area contributed by atoms with Crippen molar-refractivity contribution in [1.29, 1.82) is 0 Å². The first-order chi connectivity index (χ1) is 24.8. The van der Waals surface area contributed by atoms with Gasteiger partial charge in [0.25, 0.3) is 16.1 Å². The molecule has 3 N–H and O–H groups in total. The van der Waals surface area contributed by atoms with Gasteiger partial charge in [-0.15, -0.1) is 0 Å². The van der Waals surface area contributed by atoms with E-state index < -0.39 is 45.6 Å². The molecule has 2 atom stereocenters. The van der Waals surface area contributed by atoms with Gasteiger partial charge in [0, 0.05) is 74.5 Å². The SMILES string of the molecule is CCOc1cc(C(F)(F)F)ccc1C1(C(=O)N2CCN(S(=O)(=O)N3CCN(CCO)CC3)CC2)NC(c2ccc(Cl)cc2)C(c2ccc(Cl)cc2)N1. The Morgan fingerprint density at radius 3 is 1.81 bits per heavy atom. The maximum absolute atomic E-state index is 15.1. The summed E-state index contributed by atoms with van der Waals surface area (Å²) in [6.07, 6.45) is -4.66. The average molecular weight is 786 g/mol. The molecule has 17 heteroatoms. The molecular weight excluding hydrogens is 744 g/mol. The van der Waals surface area contributed by atoms with Crippen molar-refractivity contribution in [2.45, 2.75) is 30.8 Å². The summed E-state index contributed by atoms with van der Waals surface area (Å²) in [7, 11) is -3.83. The summed E-state index contributed by atoms with van der Waals surface area (Å²) in [5, 5.41) is 17.2. The van der Waals surface area contributed by atoms with Crippen molar-refractivity contribution in [2.75, 3.05) is 72.1 Å². The minimum atomic E-state index is -4.66. The second kappa shape index (κ2) is 15.8. The summed E-state index contributed by atoms with van der Waals surface area (Å²) >= 11 is 12.5. The Bertz CT molecular complexity index is 1770. The third-order valence-electron chi connectivity index (χ3n) is 9.80. The van der Waals surface area contributed by atoms with Crippen molar-refractivity contribution in [2.24, 2.45) is 0 Å². The van der Waals surface area contributed by atoms with Crippen LogP contribution < -0.4 is 15.4 Å². The van der Waals surface area contributed by atoms with Gasteiger partial charge in [0.2, 0.25) is 0 Å². The number of amides is 1. The largest absolute Gasteiger partial charge is 0.493 e. The third kappa shape index (κ3) is 7.93. The Balaban J connectivity index is 1.36. The number of nitrogens with zero attached hydrogens (tertiary/aromatic N) is 4. The molecule has 3 aromatic carbocycles. The molecule has 3 fully saturated rings. The Labute approximate surface area is 311 Å². The Hall–Kier alpha value is -2.99. The average Bonchev–Trinajstić information content (AvgIpc) is 3.54. The van der Waals surface area contributed by atoms with E-state index >= 15 is 4.79 Å². The maximum Gasteiger partial charge on any atom is 0.416 e. The van der Waals surface area contributed by atoms with Crippen LogP contribution in [0.3, 0.4) is 0 Å². The fraction of sp³-hybridized carbons (Fsp3) is 0.457. The summed E-state index contributed by atoms with van der Waals surface area (Å²) in [6, 6.07) is 16.0. The van der Waals surface area contributed by atoms with Crippen molar-refractivity contribution in [3.8, 4) is 5.75 Å². The molecule has 0 radical (unpaired) electrons. The lowest BCUT2D eigenvalue weighted by Crippen LogP contribution is -2.63. The number of aliphatic hydroxyl groups excluding tert-OH is 1. The molecule has 52 heavy (non-hydrogen) atoms. The van der Waals surface area contributed by atoms with Gasteiger partial charge in [-0.1, -0.05) is 53.5 Å².